The van der Waals surface area contributed by atoms with E-state index in [9.17, 15) is 18.5 Å². The predicted molar refractivity (Wildman–Crippen MR) is 70.3 cm³/mol. The summed E-state index contributed by atoms with van der Waals surface area (Å²) >= 11 is 0. The number of rotatable bonds is 4. The van der Waals surface area contributed by atoms with Crippen LogP contribution in [0.1, 0.15) is 32.6 Å². The zero-order chi connectivity index (χ0) is 14.1. The largest absolute Gasteiger partial charge is 0.269 e. The number of hydrogen-bond acceptors (Lipinski definition) is 4. The summed E-state index contributed by atoms with van der Waals surface area (Å²) in [6.45, 7) is 1.89. The Morgan fingerprint density at radius 3 is 2.21 bits per heavy atom. The first-order valence-electron chi connectivity index (χ1n) is 6.11. The third-order valence-electron chi connectivity index (χ3n) is 3.45. The van der Waals surface area contributed by atoms with Crippen LogP contribution in [0, 0.1) is 10.1 Å². The summed E-state index contributed by atoms with van der Waals surface area (Å²) in [6, 6.07) is 4.93. The number of non-ortho nitro benzene ring substituents is 1. The lowest BCUT2D eigenvalue weighted by Crippen LogP contribution is -2.43. The molecule has 0 unspecified atom stereocenters. The molecule has 1 saturated carbocycles. The van der Waals surface area contributed by atoms with E-state index < -0.39 is 20.5 Å². The zero-order valence-electron chi connectivity index (χ0n) is 10.6. The Morgan fingerprint density at radius 2 is 1.74 bits per heavy atom. The summed E-state index contributed by atoms with van der Waals surface area (Å²) in [5.41, 5.74) is -0.522. The highest BCUT2D eigenvalue weighted by atomic mass is 32.2. The van der Waals surface area contributed by atoms with Gasteiger partial charge in [-0.05, 0) is 31.9 Å². The van der Waals surface area contributed by atoms with Gasteiger partial charge >= 0.3 is 0 Å². The average Bonchev–Trinajstić information content (AvgIpc) is 2.75. The summed E-state index contributed by atoms with van der Waals surface area (Å²) in [6.07, 6.45) is 3.66. The summed E-state index contributed by atoms with van der Waals surface area (Å²) < 4.78 is 27.1. The molecule has 0 saturated heterocycles. The number of nitrogens with one attached hydrogen (secondary N) is 1. The van der Waals surface area contributed by atoms with Gasteiger partial charge in [0.05, 0.1) is 9.82 Å². The van der Waals surface area contributed by atoms with E-state index in [1.54, 1.807) is 0 Å². The van der Waals surface area contributed by atoms with Gasteiger partial charge in [-0.15, -0.1) is 0 Å². The molecule has 1 aliphatic rings. The van der Waals surface area contributed by atoms with Crippen LogP contribution in [0.4, 0.5) is 5.69 Å². The van der Waals surface area contributed by atoms with Gasteiger partial charge in [0.25, 0.3) is 5.69 Å². The number of nitro benzene ring substituents is 1. The van der Waals surface area contributed by atoms with Crippen LogP contribution in [0.5, 0.6) is 0 Å². The molecule has 1 fully saturated rings. The fourth-order valence-corrected chi connectivity index (χ4v) is 3.85. The smallest absolute Gasteiger partial charge is 0.258 e. The van der Waals surface area contributed by atoms with Crippen molar-refractivity contribution in [3.05, 3.63) is 34.4 Å². The van der Waals surface area contributed by atoms with E-state index in [1.165, 1.54) is 24.3 Å². The molecule has 1 aliphatic carbocycles. The molecule has 2 rings (SSSR count). The summed E-state index contributed by atoms with van der Waals surface area (Å²) in [4.78, 5) is 10.0. The molecule has 0 aromatic heterocycles. The predicted octanol–water partition coefficient (Wildman–Crippen LogP) is 2.21. The van der Waals surface area contributed by atoms with E-state index in [-0.39, 0.29) is 10.6 Å². The maximum Gasteiger partial charge on any atom is 0.269 e. The van der Waals surface area contributed by atoms with E-state index >= 15 is 0 Å². The molecule has 0 atom stereocenters. The van der Waals surface area contributed by atoms with Crippen LogP contribution in [-0.4, -0.2) is 18.9 Å². The normalized spacial score (nSPS) is 18.4. The molecule has 1 N–H and O–H groups in total. The molecule has 1 aromatic carbocycles. The average molecular weight is 284 g/mol. The molecule has 6 nitrogen and oxygen atoms in total. The molecule has 19 heavy (non-hydrogen) atoms. The molecular formula is C12H16N2O4S. The monoisotopic (exact) mass is 284 g/mol. The van der Waals surface area contributed by atoms with Gasteiger partial charge < -0.3 is 0 Å². The Kier molecular flexibility index (Phi) is 3.60. The van der Waals surface area contributed by atoms with Crippen LogP contribution in [0.15, 0.2) is 29.2 Å². The molecule has 0 bridgehead atoms. The standard InChI is InChI=1S/C12H16N2O4S/c1-12(8-2-3-9-12)13-19(17,18)11-6-4-10(5-7-11)14(15)16/h4-7,13H,2-3,8-9H2,1H3. The third kappa shape index (κ3) is 3.10. The highest BCUT2D eigenvalue weighted by molar-refractivity contribution is 7.89. The minimum atomic E-state index is -3.62. The quantitative estimate of drug-likeness (QED) is 0.678. The van der Waals surface area contributed by atoms with Crippen LogP contribution < -0.4 is 4.72 Å². The minimum Gasteiger partial charge on any atom is -0.258 e. The van der Waals surface area contributed by atoms with Gasteiger partial charge in [-0.25, -0.2) is 13.1 Å². The maximum absolute atomic E-state index is 12.2. The van der Waals surface area contributed by atoms with Gasteiger partial charge in [-0.3, -0.25) is 10.1 Å². The van der Waals surface area contributed by atoms with Crippen molar-refractivity contribution in [3.63, 3.8) is 0 Å². The lowest BCUT2D eigenvalue weighted by Gasteiger charge is -2.24. The molecule has 0 aliphatic heterocycles. The number of nitro groups is 1. The van der Waals surface area contributed by atoms with Crippen molar-refractivity contribution in [2.75, 3.05) is 0 Å². The topological polar surface area (TPSA) is 89.3 Å². The van der Waals surface area contributed by atoms with Crippen molar-refractivity contribution >= 4 is 15.7 Å². The Balaban J connectivity index is 2.22. The summed E-state index contributed by atoms with van der Waals surface area (Å²) in [5.74, 6) is 0. The van der Waals surface area contributed by atoms with E-state index in [0.717, 1.165) is 25.7 Å². The fourth-order valence-electron chi connectivity index (χ4n) is 2.39. The SMILES string of the molecule is CC1(NS(=O)(=O)c2ccc([N+](=O)[O-])cc2)CCCC1. The highest BCUT2D eigenvalue weighted by Gasteiger charge is 2.33. The minimum absolute atomic E-state index is 0.0613. The van der Waals surface area contributed by atoms with Gasteiger partial charge in [0, 0.05) is 17.7 Å². The van der Waals surface area contributed by atoms with Gasteiger partial charge in [-0.2, -0.15) is 0 Å². The molecule has 0 amide bonds. The van der Waals surface area contributed by atoms with E-state index in [1.807, 2.05) is 6.92 Å². The van der Waals surface area contributed by atoms with E-state index in [0.29, 0.717) is 0 Å². The van der Waals surface area contributed by atoms with Crippen LogP contribution in [0.25, 0.3) is 0 Å². The third-order valence-corrected chi connectivity index (χ3v) is 5.10. The molecule has 7 heteroatoms. The number of sulfonamides is 1. The number of hydrogen-bond donors (Lipinski definition) is 1. The highest BCUT2D eigenvalue weighted by Crippen LogP contribution is 2.30. The molecule has 104 valence electrons. The van der Waals surface area contributed by atoms with Crippen molar-refractivity contribution in [1.29, 1.82) is 0 Å². The van der Waals surface area contributed by atoms with Crippen molar-refractivity contribution in [1.82, 2.24) is 4.72 Å². The summed E-state index contributed by atoms with van der Waals surface area (Å²) in [7, 11) is -3.62. The van der Waals surface area contributed by atoms with Gasteiger partial charge in [0.2, 0.25) is 10.0 Å². The number of nitrogens with zero attached hydrogens (tertiary/aromatic N) is 1. The van der Waals surface area contributed by atoms with Crippen LogP contribution in [0.3, 0.4) is 0 Å². The van der Waals surface area contributed by atoms with Crippen molar-refractivity contribution < 1.29 is 13.3 Å². The lowest BCUT2D eigenvalue weighted by atomic mass is 10.0. The Morgan fingerprint density at radius 1 is 1.21 bits per heavy atom. The van der Waals surface area contributed by atoms with E-state index in [2.05, 4.69) is 4.72 Å². The summed E-state index contributed by atoms with van der Waals surface area (Å²) in [5, 5.41) is 10.5. The molecular weight excluding hydrogens is 268 g/mol. The van der Waals surface area contributed by atoms with E-state index in [4.69, 9.17) is 0 Å². The van der Waals surface area contributed by atoms with Gasteiger partial charge in [-0.1, -0.05) is 12.8 Å². The Hall–Kier alpha value is -1.47. The van der Waals surface area contributed by atoms with Gasteiger partial charge in [0.1, 0.15) is 0 Å². The maximum atomic E-state index is 12.2. The van der Waals surface area contributed by atoms with Gasteiger partial charge in [0.15, 0.2) is 0 Å². The first-order valence-corrected chi connectivity index (χ1v) is 7.59. The van der Waals surface area contributed by atoms with Crippen molar-refractivity contribution in [2.24, 2.45) is 0 Å². The lowest BCUT2D eigenvalue weighted by molar-refractivity contribution is -0.384. The zero-order valence-corrected chi connectivity index (χ0v) is 11.4. The van der Waals surface area contributed by atoms with Crippen LogP contribution >= 0.6 is 0 Å². The first-order chi connectivity index (χ1) is 8.82. The van der Waals surface area contributed by atoms with Crippen molar-refractivity contribution in [3.8, 4) is 0 Å². The van der Waals surface area contributed by atoms with Crippen LogP contribution in [0.2, 0.25) is 0 Å². The second-order valence-corrected chi connectivity index (χ2v) is 6.81. The molecule has 0 spiro atoms. The Bertz CT molecular complexity index is 574. The molecule has 0 radical (unpaired) electrons. The van der Waals surface area contributed by atoms with Crippen molar-refractivity contribution in [2.45, 2.75) is 43.0 Å². The second-order valence-electron chi connectivity index (χ2n) is 5.12. The molecule has 0 heterocycles. The van der Waals surface area contributed by atoms with Crippen LogP contribution in [-0.2, 0) is 10.0 Å². The molecule has 1 aromatic rings. The second kappa shape index (κ2) is 4.90. The Labute approximate surface area is 112 Å². The fraction of sp³-hybridized carbons (Fsp3) is 0.500. The number of benzene rings is 1. The first kappa shape index (κ1) is 14.0.